The van der Waals surface area contributed by atoms with Crippen LogP contribution in [-0.2, 0) is 12.7 Å². The van der Waals surface area contributed by atoms with Crippen LogP contribution in [0.5, 0.6) is 0 Å². The van der Waals surface area contributed by atoms with Crippen LogP contribution in [0.2, 0.25) is 0 Å². The van der Waals surface area contributed by atoms with Gasteiger partial charge in [0.15, 0.2) is 0 Å². The first kappa shape index (κ1) is 15.3. The summed E-state index contributed by atoms with van der Waals surface area (Å²) in [5.74, 6) is 0. The third-order valence-electron chi connectivity index (χ3n) is 3.27. The van der Waals surface area contributed by atoms with Gasteiger partial charge >= 0.3 is 6.18 Å². The monoisotopic (exact) mass is 296 g/mol. The van der Waals surface area contributed by atoms with Crippen LogP contribution >= 0.6 is 0 Å². The summed E-state index contributed by atoms with van der Waals surface area (Å²) >= 11 is 0. The highest BCUT2D eigenvalue weighted by Crippen LogP contribution is 2.34. The number of nitrogens with zero attached hydrogens (tertiary/aromatic N) is 1. The Morgan fingerprint density at radius 3 is 2.52 bits per heavy atom. The maximum atomic E-state index is 13.0. The van der Waals surface area contributed by atoms with Crippen LogP contribution in [0.1, 0.15) is 22.7 Å². The van der Waals surface area contributed by atoms with E-state index >= 15 is 0 Å². The van der Waals surface area contributed by atoms with E-state index in [4.69, 9.17) is 5.73 Å². The molecule has 6 heteroatoms. The van der Waals surface area contributed by atoms with Crippen LogP contribution < -0.4 is 11.3 Å². The lowest BCUT2D eigenvalue weighted by molar-refractivity contribution is -0.138. The molecule has 3 nitrogen and oxygen atoms in total. The summed E-state index contributed by atoms with van der Waals surface area (Å²) in [5, 5.41) is 0. The van der Waals surface area contributed by atoms with Crippen LogP contribution in [-0.4, -0.2) is 4.57 Å². The predicted octanol–water partition coefficient (Wildman–Crippen LogP) is 2.88. The topological polar surface area (TPSA) is 48.0 Å². The molecule has 0 amide bonds. The molecule has 0 saturated heterocycles. The molecule has 0 radical (unpaired) electrons. The first-order chi connectivity index (χ1) is 9.80. The summed E-state index contributed by atoms with van der Waals surface area (Å²) < 4.78 is 40.2. The van der Waals surface area contributed by atoms with Gasteiger partial charge in [-0.2, -0.15) is 13.2 Å². The van der Waals surface area contributed by atoms with Gasteiger partial charge in [-0.3, -0.25) is 4.79 Å². The number of rotatable bonds is 3. The second kappa shape index (κ2) is 5.73. The fourth-order valence-corrected chi connectivity index (χ4v) is 2.19. The fourth-order valence-electron chi connectivity index (χ4n) is 2.19. The van der Waals surface area contributed by atoms with Crippen molar-refractivity contribution in [2.45, 2.75) is 25.7 Å². The molecular formula is C15H15F3N2O. The lowest BCUT2D eigenvalue weighted by Crippen LogP contribution is -2.28. The van der Waals surface area contributed by atoms with Gasteiger partial charge in [-0.15, -0.1) is 0 Å². The molecule has 1 heterocycles. The van der Waals surface area contributed by atoms with Crippen LogP contribution in [0.25, 0.3) is 0 Å². The molecule has 2 N–H and O–H groups in total. The van der Waals surface area contributed by atoms with Crippen molar-refractivity contribution in [2.24, 2.45) is 5.73 Å². The highest BCUT2D eigenvalue weighted by molar-refractivity contribution is 5.32. The van der Waals surface area contributed by atoms with E-state index in [1.54, 1.807) is 19.1 Å². The van der Waals surface area contributed by atoms with Gasteiger partial charge in [0.25, 0.3) is 5.56 Å². The first-order valence-electron chi connectivity index (χ1n) is 6.38. The minimum atomic E-state index is -4.47. The zero-order valence-electron chi connectivity index (χ0n) is 11.4. The van der Waals surface area contributed by atoms with E-state index in [1.807, 2.05) is 0 Å². The Kier molecular flexibility index (Phi) is 4.18. The highest BCUT2D eigenvalue weighted by atomic mass is 19.4. The summed E-state index contributed by atoms with van der Waals surface area (Å²) in [7, 11) is 0. The molecule has 1 aromatic heterocycles. The van der Waals surface area contributed by atoms with Crippen molar-refractivity contribution >= 4 is 0 Å². The second-order valence-corrected chi connectivity index (χ2v) is 4.84. The Balaban J connectivity index is 2.36. The Hall–Kier alpha value is -2.08. The highest BCUT2D eigenvalue weighted by Gasteiger charge is 2.34. The Morgan fingerprint density at radius 1 is 1.19 bits per heavy atom. The van der Waals surface area contributed by atoms with Crippen molar-refractivity contribution in [1.82, 2.24) is 4.57 Å². The summed E-state index contributed by atoms with van der Waals surface area (Å²) in [6.07, 6.45) is -2.95. The Morgan fingerprint density at radius 2 is 1.86 bits per heavy atom. The molecule has 21 heavy (non-hydrogen) atoms. The first-order valence-corrected chi connectivity index (χ1v) is 6.38. The van der Waals surface area contributed by atoms with E-state index in [-0.39, 0.29) is 17.7 Å². The standard InChI is InChI=1S/C15H15F3N2O/c1-10-5-4-8-20(14(10)21)9-13(19)11-6-2-3-7-12(11)15(16,17)18/h2-8,13H,9,19H2,1H3. The van der Waals surface area contributed by atoms with Crippen molar-refractivity contribution in [3.05, 3.63) is 69.6 Å². The fraction of sp³-hybridized carbons (Fsp3) is 0.267. The molecule has 0 bridgehead atoms. The Labute approximate surface area is 119 Å². The number of hydrogen-bond acceptors (Lipinski definition) is 2. The van der Waals surface area contributed by atoms with Crippen molar-refractivity contribution in [3.8, 4) is 0 Å². The van der Waals surface area contributed by atoms with E-state index < -0.39 is 17.8 Å². The third kappa shape index (κ3) is 3.33. The van der Waals surface area contributed by atoms with E-state index in [9.17, 15) is 18.0 Å². The van der Waals surface area contributed by atoms with Gasteiger partial charge in [0.2, 0.25) is 0 Å². The normalized spacial score (nSPS) is 13.2. The zero-order valence-corrected chi connectivity index (χ0v) is 11.4. The summed E-state index contributed by atoms with van der Waals surface area (Å²) in [6.45, 7) is 1.64. The third-order valence-corrected chi connectivity index (χ3v) is 3.27. The molecule has 1 unspecified atom stereocenters. The molecule has 0 aliphatic heterocycles. The van der Waals surface area contributed by atoms with Gasteiger partial charge in [-0.05, 0) is 24.6 Å². The lowest BCUT2D eigenvalue weighted by Gasteiger charge is -2.19. The molecule has 2 rings (SSSR count). The molecule has 112 valence electrons. The smallest absolute Gasteiger partial charge is 0.322 e. The molecule has 0 fully saturated rings. The maximum absolute atomic E-state index is 13.0. The van der Waals surface area contributed by atoms with E-state index in [0.29, 0.717) is 5.56 Å². The molecule has 0 saturated carbocycles. The minimum Gasteiger partial charge on any atom is -0.322 e. The van der Waals surface area contributed by atoms with Gasteiger partial charge in [-0.1, -0.05) is 24.3 Å². The lowest BCUT2D eigenvalue weighted by atomic mass is 10.0. The van der Waals surface area contributed by atoms with E-state index in [2.05, 4.69) is 0 Å². The zero-order chi connectivity index (χ0) is 15.6. The van der Waals surface area contributed by atoms with Gasteiger partial charge in [0, 0.05) is 24.3 Å². The quantitative estimate of drug-likeness (QED) is 0.946. The van der Waals surface area contributed by atoms with E-state index in [1.165, 1.54) is 29.0 Å². The van der Waals surface area contributed by atoms with Gasteiger partial charge in [0.05, 0.1) is 5.56 Å². The summed E-state index contributed by atoms with van der Waals surface area (Å²) in [5.41, 5.74) is 5.37. The van der Waals surface area contributed by atoms with Crippen molar-refractivity contribution in [1.29, 1.82) is 0 Å². The molecule has 0 spiro atoms. The number of hydrogen-bond donors (Lipinski definition) is 1. The van der Waals surface area contributed by atoms with E-state index in [0.717, 1.165) is 6.07 Å². The van der Waals surface area contributed by atoms with Crippen LogP contribution in [0.15, 0.2) is 47.4 Å². The van der Waals surface area contributed by atoms with Crippen LogP contribution in [0.3, 0.4) is 0 Å². The SMILES string of the molecule is Cc1cccn(CC(N)c2ccccc2C(F)(F)F)c1=O. The van der Waals surface area contributed by atoms with Crippen molar-refractivity contribution in [2.75, 3.05) is 0 Å². The number of benzene rings is 1. The number of nitrogens with two attached hydrogens (primary N) is 1. The second-order valence-electron chi connectivity index (χ2n) is 4.84. The minimum absolute atomic E-state index is 0.00634. The van der Waals surface area contributed by atoms with Gasteiger partial charge < -0.3 is 10.3 Å². The molecule has 2 aromatic rings. The van der Waals surface area contributed by atoms with Gasteiger partial charge in [0.1, 0.15) is 0 Å². The average molecular weight is 296 g/mol. The largest absolute Gasteiger partial charge is 0.416 e. The molecular weight excluding hydrogens is 281 g/mol. The predicted molar refractivity (Wildman–Crippen MR) is 73.8 cm³/mol. The number of alkyl halides is 3. The number of aryl methyl sites for hydroxylation is 1. The molecule has 0 aliphatic rings. The Bertz CT molecular complexity index is 692. The van der Waals surface area contributed by atoms with Crippen molar-refractivity contribution < 1.29 is 13.2 Å². The number of aromatic nitrogens is 1. The number of pyridine rings is 1. The summed E-state index contributed by atoms with van der Waals surface area (Å²) in [4.78, 5) is 11.9. The summed E-state index contributed by atoms with van der Waals surface area (Å²) in [6, 6.07) is 7.55. The van der Waals surface area contributed by atoms with Crippen molar-refractivity contribution in [3.63, 3.8) is 0 Å². The molecule has 1 atom stereocenters. The molecule has 0 aliphatic carbocycles. The maximum Gasteiger partial charge on any atom is 0.416 e. The van der Waals surface area contributed by atoms with Gasteiger partial charge in [-0.25, -0.2) is 0 Å². The molecule has 1 aromatic carbocycles. The van der Waals surface area contributed by atoms with Crippen LogP contribution in [0, 0.1) is 6.92 Å². The average Bonchev–Trinajstić information content (AvgIpc) is 2.43. The van der Waals surface area contributed by atoms with Crippen LogP contribution in [0.4, 0.5) is 13.2 Å². The number of halogens is 3.